The fourth-order valence-electron chi connectivity index (χ4n) is 2.67. The lowest BCUT2D eigenvalue weighted by Gasteiger charge is -2.26. The molecule has 0 aliphatic carbocycles. The van der Waals surface area contributed by atoms with E-state index in [1.54, 1.807) is 19.2 Å². The lowest BCUT2D eigenvalue weighted by Crippen LogP contribution is -2.45. The Bertz CT molecular complexity index is 700. The number of nitrogens with zero attached hydrogens (tertiary/aromatic N) is 1. The molecule has 2 amide bonds. The molecule has 0 bridgehead atoms. The summed E-state index contributed by atoms with van der Waals surface area (Å²) in [6.45, 7) is 1.55. The minimum absolute atomic E-state index is 0.0644. The van der Waals surface area contributed by atoms with E-state index in [0.717, 1.165) is 11.3 Å². The van der Waals surface area contributed by atoms with E-state index in [9.17, 15) is 18.0 Å². The average molecular weight is 354 g/mol. The molecule has 0 radical (unpaired) electrons. The lowest BCUT2D eigenvalue weighted by molar-refractivity contribution is -0.136. The van der Waals surface area contributed by atoms with Crippen molar-refractivity contribution in [1.29, 1.82) is 0 Å². The van der Waals surface area contributed by atoms with E-state index in [4.69, 9.17) is 4.74 Å². The number of carbonyl (C=O) groups excluding carboxylic acids is 2. The van der Waals surface area contributed by atoms with E-state index in [1.807, 2.05) is 12.1 Å². The summed E-state index contributed by atoms with van der Waals surface area (Å²) >= 11 is 0. The molecule has 1 aliphatic heterocycles. The highest BCUT2D eigenvalue weighted by molar-refractivity contribution is 7.91. The minimum atomic E-state index is -3.11. The molecule has 7 nitrogen and oxygen atoms in total. The van der Waals surface area contributed by atoms with Gasteiger partial charge in [-0.2, -0.15) is 0 Å². The van der Waals surface area contributed by atoms with Crippen molar-refractivity contribution in [1.82, 2.24) is 10.2 Å². The van der Waals surface area contributed by atoms with E-state index >= 15 is 0 Å². The predicted octanol–water partition coefficient (Wildman–Crippen LogP) is 0.347. The van der Waals surface area contributed by atoms with Crippen LogP contribution in [0.3, 0.4) is 0 Å². The summed E-state index contributed by atoms with van der Waals surface area (Å²) in [4.78, 5) is 25.2. The molecule has 1 N–H and O–H groups in total. The molecule has 2 rings (SSSR count). The van der Waals surface area contributed by atoms with Crippen molar-refractivity contribution in [3.63, 3.8) is 0 Å². The SMILES string of the molecule is COc1ccc(CNC(=O)CN(C(C)=O)C2CCS(=O)(=O)C2)cc1. The van der Waals surface area contributed by atoms with E-state index in [0.29, 0.717) is 13.0 Å². The van der Waals surface area contributed by atoms with Gasteiger partial charge >= 0.3 is 0 Å². The van der Waals surface area contributed by atoms with Gasteiger partial charge in [0.05, 0.1) is 25.2 Å². The Morgan fingerprint density at radius 3 is 2.46 bits per heavy atom. The van der Waals surface area contributed by atoms with Gasteiger partial charge in [-0.3, -0.25) is 9.59 Å². The molecule has 1 fully saturated rings. The van der Waals surface area contributed by atoms with Gasteiger partial charge in [-0.25, -0.2) is 8.42 Å². The van der Waals surface area contributed by atoms with Crippen molar-refractivity contribution in [2.45, 2.75) is 25.9 Å². The molecule has 0 aromatic heterocycles. The van der Waals surface area contributed by atoms with E-state index in [1.165, 1.54) is 11.8 Å². The largest absolute Gasteiger partial charge is 0.497 e. The molecule has 1 aromatic carbocycles. The van der Waals surface area contributed by atoms with Crippen molar-refractivity contribution in [2.75, 3.05) is 25.2 Å². The molecule has 24 heavy (non-hydrogen) atoms. The summed E-state index contributed by atoms with van der Waals surface area (Å²) in [6.07, 6.45) is 0.383. The maximum absolute atomic E-state index is 12.1. The first-order valence-electron chi connectivity index (χ1n) is 7.68. The number of ether oxygens (including phenoxy) is 1. The minimum Gasteiger partial charge on any atom is -0.497 e. The van der Waals surface area contributed by atoms with Gasteiger partial charge in [0.1, 0.15) is 5.75 Å². The van der Waals surface area contributed by atoms with Crippen LogP contribution >= 0.6 is 0 Å². The Balaban J connectivity index is 1.89. The molecule has 1 aliphatic rings. The summed E-state index contributed by atoms with van der Waals surface area (Å²) in [6, 6.07) is 6.86. The highest BCUT2D eigenvalue weighted by atomic mass is 32.2. The first-order valence-corrected chi connectivity index (χ1v) is 9.50. The quantitative estimate of drug-likeness (QED) is 0.796. The summed E-state index contributed by atoms with van der Waals surface area (Å²) in [5.41, 5.74) is 0.905. The van der Waals surface area contributed by atoms with Crippen molar-refractivity contribution in [3.05, 3.63) is 29.8 Å². The van der Waals surface area contributed by atoms with Crippen LogP contribution in [0, 0.1) is 0 Å². The maximum atomic E-state index is 12.1. The zero-order chi connectivity index (χ0) is 17.7. The van der Waals surface area contributed by atoms with Crippen LogP contribution < -0.4 is 10.1 Å². The normalized spacial score (nSPS) is 18.8. The molecule has 1 aromatic rings. The smallest absolute Gasteiger partial charge is 0.239 e. The molecule has 0 saturated carbocycles. The van der Waals surface area contributed by atoms with Gasteiger partial charge in [-0.05, 0) is 24.1 Å². The number of nitrogens with one attached hydrogen (secondary N) is 1. The highest BCUT2D eigenvalue weighted by Crippen LogP contribution is 2.18. The van der Waals surface area contributed by atoms with Crippen LogP contribution in [0.15, 0.2) is 24.3 Å². The van der Waals surface area contributed by atoms with Crippen molar-refractivity contribution >= 4 is 21.7 Å². The van der Waals surface area contributed by atoms with Gasteiger partial charge in [0.2, 0.25) is 11.8 Å². The zero-order valence-corrected chi connectivity index (χ0v) is 14.6. The van der Waals surface area contributed by atoms with Crippen LogP contribution in [-0.2, 0) is 26.0 Å². The third-order valence-electron chi connectivity index (χ3n) is 4.02. The van der Waals surface area contributed by atoms with Gasteiger partial charge in [0, 0.05) is 19.5 Å². The van der Waals surface area contributed by atoms with Gasteiger partial charge < -0.3 is 15.0 Å². The number of rotatable bonds is 6. The number of methoxy groups -OCH3 is 1. The summed E-state index contributed by atoms with van der Waals surface area (Å²) < 4.78 is 28.2. The fourth-order valence-corrected chi connectivity index (χ4v) is 4.40. The fraction of sp³-hybridized carbons (Fsp3) is 0.500. The van der Waals surface area contributed by atoms with Gasteiger partial charge in [0.15, 0.2) is 9.84 Å². The number of benzene rings is 1. The average Bonchev–Trinajstić information content (AvgIpc) is 2.90. The van der Waals surface area contributed by atoms with Crippen LogP contribution in [0.2, 0.25) is 0 Å². The van der Waals surface area contributed by atoms with Crippen LogP contribution in [0.4, 0.5) is 0 Å². The van der Waals surface area contributed by atoms with Crippen LogP contribution in [-0.4, -0.2) is 56.3 Å². The first-order chi connectivity index (χ1) is 11.3. The predicted molar refractivity (Wildman–Crippen MR) is 89.3 cm³/mol. The van der Waals surface area contributed by atoms with Gasteiger partial charge in [-0.15, -0.1) is 0 Å². The Kier molecular flexibility index (Phi) is 5.82. The topological polar surface area (TPSA) is 92.8 Å². The van der Waals surface area contributed by atoms with Crippen molar-refractivity contribution in [2.24, 2.45) is 0 Å². The monoisotopic (exact) mass is 354 g/mol. The molecule has 8 heteroatoms. The number of amides is 2. The number of sulfone groups is 1. The maximum Gasteiger partial charge on any atom is 0.239 e. The van der Waals surface area contributed by atoms with E-state index < -0.39 is 15.9 Å². The first kappa shape index (κ1) is 18.3. The Morgan fingerprint density at radius 1 is 1.29 bits per heavy atom. The van der Waals surface area contributed by atoms with Gasteiger partial charge in [-0.1, -0.05) is 12.1 Å². The number of carbonyl (C=O) groups is 2. The van der Waals surface area contributed by atoms with Crippen molar-refractivity contribution < 1.29 is 22.7 Å². The zero-order valence-electron chi connectivity index (χ0n) is 13.8. The Labute approximate surface area is 141 Å². The van der Waals surface area contributed by atoms with E-state index in [2.05, 4.69) is 5.32 Å². The standard InChI is InChI=1S/C16H22N2O5S/c1-12(19)18(14-7-8-24(21,22)11-14)10-16(20)17-9-13-3-5-15(23-2)6-4-13/h3-6,14H,7-11H2,1-2H3,(H,17,20). The molecule has 132 valence electrons. The van der Waals surface area contributed by atoms with Gasteiger partial charge in [0.25, 0.3) is 0 Å². The molecule has 0 spiro atoms. The summed E-state index contributed by atoms with van der Waals surface area (Å²) in [7, 11) is -1.53. The summed E-state index contributed by atoms with van der Waals surface area (Å²) in [5.74, 6) is 0.116. The second-order valence-corrected chi connectivity index (χ2v) is 8.06. The second-order valence-electron chi connectivity index (χ2n) is 5.83. The second kappa shape index (κ2) is 7.65. The molecule has 1 heterocycles. The van der Waals surface area contributed by atoms with Crippen LogP contribution in [0.5, 0.6) is 5.75 Å². The van der Waals surface area contributed by atoms with Crippen LogP contribution in [0.25, 0.3) is 0 Å². The van der Waals surface area contributed by atoms with Crippen molar-refractivity contribution in [3.8, 4) is 5.75 Å². The number of hydrogen-bond acceptors (Lipinski definition) is 5. The third-order valence-corrected chi connectivity index (χ3v) is 5.77. The van der Waals surface area contributed by atoms with Crippen LogP contribution in [0.1, 0.15) is 18.9 Å². The summed E-state index contributed by atoms with van der Waals surface area (Å²) in [5, 5.41) is 2.74. The lowest BCUT2D eigenvalue weighted by atomic mass is 10.2. The molecule has 1 unspecified atom stereocenters. The molecule has 1 saturated heterocycles. The van der Waals surface area contributed by atoms with E-state index in [-0.39, 0.29) is 29.9 Å². The Morgan fingerprint density at radius 2 is 1.96 bits per heavy atom. The highest BCUT2D eigenvalue weighted by Gasteiger charge is 2.34. The Hall–Kier alpha value is -2.09. The number of hydrogen-bond donors (Lipinski definition) is 1. The molecular formula is C16H22N2O5S. The molecular weight excluding hydrogens is 332 g/mol. The third kappa shape index (κ3) is 4.95. The molecule has 1 atom stereocenters.